The number of hydrogen-bond acceptors (Lipinski definition) is 6. The summed E-state index contributed by atoms with van der Waals surface area (Å²) in [5.41, 5.74) is 2.26. The van der Waals surface area contributed by atoms with Crippen LogP contribution in [-0.2, 0) is 21.4 Å². The molecule has 2 fully saturated rings. The molecule has 7 nitrogen and oxygen atoms in total. The average molecular weight is 485 g/mol. The Morgan fingerprint density at radius 2 is 1.73 bits per heavy atom. The lowest BCUT2D eigenvalue weighted by Gasteiger charge is -2.38. The van der Waals surface area contributed by atoms with Crippen molar-refractivity contribution >= 4 is 38.2 Å². The Bertz CT molecular complexity index is 1210. The van der Waals surface area contributed by atoms with Gasteiger partial charge in [0, 0.05) is 63.3 Å². The van der Waals surface area contributed by atoms with Gasteiger partial charge in [0.2, 0.25) is 5.91 Å². The highest BCUT2D eigenvalue weighted by Gasteiger charge is 2.35. The monoisotopic (exact) mass is 484 g/mol. The molecule has 9 heteroatoms. The zero-order chi connectivity index (χ0) is 22.8. The molecule has 0 saturated carbocycles. The number of sulfonamides is 1. The minimum atomic E-state index is -3.43. The van der Waals surface area contributed by atoms with E-state index in [0.717, 1.165) is 30.5 Å². The molecule has 0 bridgehead atoms. The van der Waals surface area contributed by atoms with E-state index in [2.05, 4.69) is 34.1 Å². The van der Waals surface area contributed by atoms with E-state index in [-0.39, 0.29) is 11.8 Å². The second-order valence-corrected chi connectivity index (χ2v) is 11.8. The Balaban J connectivity index is 1.14. The Morgan fingerprint density at radius 1 is 0.970 bits per heavy atom. The highest BCUT2D eigenvalue weighted by Crippen LogP contribution is 2.27. The molecule has 2 aliphatic heterocycles. The maximum atomic E-state index is 13.1. The number of carbonyl (C=O) groups excluding carboxylic acids is 1. The molecule has 0 radical (unpaired) electrons. The van der Waals surface area contributed by atoms with Crippen LogP contribution in [0, 0.1) is 5.92 Å². The van der Waals surface area contributed by atoms with Crippen LogP contribution in [0.1, 0.15) is 18.4 Å². The lowest BCUT2D eigenvalue weighted by molar-refractivity contribution is -0.138. The topological polar surface area (TPSA) is 73.8 Å². The van der Waals surface area contributed by atoms with Crippen molar-refractivity contribution in [2.45, 2.75) is 23.6 Å². The Labute approximate surface area is 198 Å². The minimum absolute atomic E-state index is 0.0893. The molecule has 0 N–H and O–H groups in total. The first kappa shape index (κ1) is 22.5. The van der Waals surface area contributed by atoms with Crippen molar-refractivity contribution in [1.82, 2.24) is 19.1 Å². The number of rotatable bonds is 5. The van der Waals surface area contributed by atoms with Gasteiger partial charge in [-0.1, -0.05) is 30.3 Å². The lowest BCUT2D eigenvalue weighted by Crippen LogP contribution is -2.51. The van der Waals surface area contributed by atoms with E-state index in [0.29, 0.717) is 43.2 Å². The molecule has 4 heterocycles. The number of carbonyl (C=O) groups is 1. The number of fused-ring (bicyclic) bond motifs is 1. The fraction of sp³-hybridized carbons (Fsp3) is 0.417. The maximum Gasteiger partial charge on any atom is 0.252 e. The maximum absolute atomic E-state index is 13.1. The molecular weight excluding hydrogens is 456 g/mol. The zero-order valence-electron chi connectivity index (χ0n) is 18.5. The number of thiophene rings is 1. The van der Waals surface area contributed by atoms with Gasteiger partial charge >= 0.3 is 0 Å². The van der Waals surface area contributed by atoms with Crippen LogP contribution >= 0.6 is 11.3 Å². The normalized spacial score (nSPS) is 19.2. The predicted molar refractivity (Wildman–Crippen MR) is 129 cm³/mol. The third kappa shape index (κ3) is 4.68. The first-order chi connectivity index (χ1) is 16.0. The van der Waals surface area contributed by atoms with E-state index >= 15 is 0 Å². The molecule has 0 spiro atoms. The van der Waals surface area contributed by atoms with Crippen molar-refractivity contribution in [3.63, 3.8) is 0 Å². The number of para-hydroxylation sites is 1. The van der Waals surface area contributed by atoms with Crippen LogP contribution in [0.4, 0.5) is 0 Å². The standard InChI is InChI=1S/C24H28N4O3S2/c29-24(20-8-11-28(12-9-20)33(30,31)22-7-3-17-32-22)27-15-13-26(14-16-27)18-21-5-1-4-19-6-2-10-25-23(19)21/h1-7,10,17,20H,8-9,11-16,18H2. The van der Waals surface area contributed by atoms with Crippen molar-refractivity contribution in [3.8, 4) is 0 Å². The van der Waals surface area contributed by atoms with Gasteiger partial charge in [0.05, 0.1) is 5.52 Å². The summed E-state index contributed by atoms with van der Waals surface area (Å²) in [5, 5.41) is 2.93. The summed E-state index contributed by atoms with van der Waals surface area (Å²) < 4.78 is 27.4. The SMILES string of the molecule is O=C(C1CCN(S(=O)(=O)c2cccs2)CC1)N1CCN(Cc2cccc3cccnc23)CC1. The molecule has 0 aliphatic carbocycles. The number of amides is 1. The van der Waals surface area contributed by atoms with Gasteiger partial charge in [-0.05, 0) is 35.9 Å². The summed E-state index contributed by atoms with van der Waals surface area (Å²) in [7, 11) is -3.43. The number of pyridine rings is 1. The third-order valence-corrected chi connectivity index (χ3v) is 9.96. The van der Waals surface area contributed by atoms with E-state index in [1.165, 1.54) is 21.2 Å². The summed E-state index contributed by atoms with van der Waals surface area (Å²) in [5.74, 6) is 0.0863. The lowest BCUT2D eigenvalue weighted by atomic mass is 9.96. The van der Waals surface area contributed by atoms with E-state index in [1.54, 1.807) is 17.5 Å². The molecular formula is C24H28N4O3S2. The number of piperazine rings is 1. The highest BCUT2D eigenvalue weighted by atomic mass is 32.2. The summed E-state index contributed by atoms with van der Waals surface area (Å²) in [6.07, 6.45) is 3.01. The van der Waals surface area contributed by atoms with Gasteiger partial charge in [-0.2, -0.15) is 4.31 Å². The summed E-state index contributed by atoms with van der Waals surface area (Å²) in [6, 6.07) is 13.7. The van der Waals surface area contributed by atoms with Gasteiger partial charge in [-0.25, -0.2) is 8.42 Å². The first-order valence-electron chi connectivity index (χ1n) is 11.4. The number of benzene rings is 1. The molecule has 5 rings (SSSR count). The van der Waals surface area contributed by atoms with Crippen LogP contribution in [0.2, 0.25) is 0 Å². The van der Waals surface area contributed by atoms with Crippen molar-refractivity contribution in [3.05, 3.63) is 59.6 Å². The van der Waals surface area contributed by atoms with E-state index in [9.17, 15) is 13.2 Å². The fourth-order valence-corrected chi connectivity index (χ4v) is 7.42. The highest BCUT2D eigenvalue weighted by molar-refractivity contribution is 7.91. The minimum Gasteiger partial charge on any atom is -0.340 e. The summed E-state index contributed by atoms with van der Waals surface area (Å²) in [4.78, 5) is 22.0. The molecule has 0 atom stereocenters. The number of aromatic nitrogens is 1. The third-order valence-electron chi connectivity index (χ3n) is 6.69. The smallest absolute Gasteiger partial charge is 0.252 e. The Kier molecular flexibility index (Phi) is 6.47. The molecule has 0 unspecified atom stereocenters. The van der Waals surface area contributed by atoms with E-state index in [1.807, 2.05) is 17.2 Å². The Morgan fingerprint density at radius 3 is 2.45 bits per heavy atom. The quantitative estimate of drug-likeness (QED) is 0.557. The van der Waals surface area contributed by atoms with Crippen LogP contribution < -0.4 is 0 Å². The van der Waals surface area contributed by atoms with E-state index in [4.69, 9.17) is 0 Å². The van der Waals surface area contributed by atoms with Gasteiger partial charge in [0.15, 0.2) is 0 Å². The van der Waals surface area contributed by atoms with Gasteiger partial charge in [0.25, 0.3) is 10.0 Å². The first-order valence-corrected chi connectivity index (χ1v) is 13.7. The molecule has 2 saturated heterocycles. The van der Waals surface area contributed by atoms with Crippen LogP contribution in [0.3, 0.4) is 0 Å². The summed E-state index contributed by atoms with van der Waals surface area (Å²) in [6.45, 7) is 4.74. The second kappa shape index (κ2) is 9.50. The van der Waals surface area contributed by atoms with Crippen LogP contribution in [0.15, 0.2) is 58.3 Å². The summed E-state index contributed by atoms with van der Waals surface area (Å²) >= 11 is 1.24. The molecule has 1 amide bonds. The Hall–Kier alpha value is -2.33. The zero-order valence-corrected chi connectivity index (χ0v) is 20.1. The van der Waals surface area contributed by atoms with Crippen molar-refractivity contribution in [2.24, 2.45) is 5.92 Å². The average Bonchev–Trinajstić information content (AvgIpc) is 3.41. The van der Waals surface area contributed by atoms with Gasteiger partial charge in [-0.15, -0.1) is 11.3 Å². The second-order valence-electron chi connectivity index (χ2n) is 8.70. The van der Waals surface area contributed by atoms with Crippen molar-refractivity contribution in [1.29, 1.82) is 0 Å². The number of hydrogen-bond donors (Lipinski definition) is 0. The van der Waals surface area contributed by atoms with Gasteiger partial charge < -0.3 is 4.90 Å². The number of nitrogens with zero attached hydrogens (tertiary/aromatic N) is 4. The van der Waals surface area contributed by atoms with Crippen molar-refractivity contribution in [2.75, 3.05) is 39.3 Å². The largest absolute Gasteiger partial charge is 0.340 e. The molecule has 2 aromatic heterocycles. The molecule has 2 aliphatic rings. The number of piperidine rings is 1. The van der Waals surface area contributed by atoms with E-state index < -0.39 is 10.0 Å². The fourth-order valence-electron chi connectivity index (χ4n) is 4.80. The van der Waals surface area contributed by atoms with Crippen LogP contribution in [0.5, 0.6) is 0 Å². The van der Waals surface area contributed by atoms with Gasteiger partial charge in [-0.3, -0.25) is 14.7 Å². The van der Waals surface area contributed by atoms with Gasteiger partial charge in [0.1, 0.15) is 4.21 Å². The van der Waals surface area contributed by atoms with Crippen molar-refractivity contribution < 1.29 is 13.2 Å². The predicted octanol–water partition coefficient (Wildman–Crippen LogP) is 3.04. The molecule has 33 heavy (non-hydrogen) atoms. The molecule has 3 aromatic rings. The van der Waals surface area contributed by atoms with Crippen LogP contribution in [0.25, 0.3) is 10.9 Å². The molecule has 1 aromatic carbocycles. The molecule has 174 valence electrons. The van der Waals surface area contributed by atoms with Crippen LogP contribution in [-0.4, -0.2) is 72.7 Å².